The van der Waals surface area contributed by atoms with Gasteiger partial charge in [0.2, 0.25) is 17.7 Å². The van der Waals surface area contributed by atoms with Crippen molar-refractivity contribution in [2.75, 3.05) is 13.1 Å². The second kappa shape index (κ2) is 12.1. The van der Waals surface area contributed by atoms with Gasteiger partial charge in [0.05, 0.1) is 6.04 Å². The lowest BCUT2D eigenvalue weighted by Gasteiger charge is -2.28. The molecule has 0 aromatic heterocycles. The summed E-state index contributed by atoms with van der Waals surface area (Å²) < 4.78 is 0. The normalized spacial score (nSPS) is 18.7. The largest absolute Gasteiger partial charge is 0.480 e. The summed E-state index contributed by atoms with van der Waals surface area (Å²) >= 11 is 0. The van der Waals surface area contributed by atoms with E-state index in [1.165, 1.54) is 4.90 Å². The third-order valence-electron chi connectivity index (χ3n) is 5.04. The Bertz CT molecular complexity index is 691. The molecule has 1 aliphatic rings. The van der Waals surface area contributed by atoms with E-state index in [4.69, 9.17) is 17.2 Å². The summed E-state index contributed by atoms with van der Waals surface area (Å²) in [5.74, 6) is -3.05. The van der Waals surface area contributed by atoms with Gasteiger partial charge in [-0.15, -0.1) is 0 Å². The molecule has 0 bridgehead atoms. The maximum atomic E-state index is 12.9. The molecule has 0 aromatic carbocycles. The summed E-state index contributed by atoms with van der Waals surface area (Å²) in [5.41, 5.74) is 16.3. The van der Waals surface area contributed by atoms with Crippen molar-refractivity contribution < 1.29 is 24.3 Å². The molecule has 4 atom stereocenters. The molecule has 1 saturated heterocycles. The summed E-state index contributed by atoms with van der Waals surface area (Å²) in [6, 6.07) is -3.58. The number of guanidine groups is 1. The molecule has 4 unspecified atom stereocenters. The number of aliphatic carboxylic acids is 1. The number of amides is 3. The number of carboxylic acids is 1. The smallest absolute Gasteiger partial charge is 0.326 e. The number of aliphatic imine (C=N–C) groups is 1. The van der Waals surface area contributed by atoms with Crippen molar-refractivity contribution in [3.05, 3.63) is 0 Å². The summed E-state index contributed by atoms with van der Waals surface area (Å²) in [4.78, 5) is 54.7. The minimum atomic E-state index is -1.17. The quantitative estimate of drug-likeness (QED) is 0.121. The van der Waals surface area contributed by atoms with Crippen molar-refractivity contribution in [2.24, 2.45) is 28.1 Å². The highest BCUT2D eigenvalue weighted by Crippen LogP contribution is 2.19. The average Bonchev–Trinajstić information content (AvgIpc) is 3.16. The zero-order valence-corrected chi connectivity index (χ0v) is 18.3. The molecule has 0 saturated carbocycles. The van der Waals surface area contributed by atoms with Gasteiger partial charge in [0.1, 0.15) is 18.1 Å². The van der Waals surface area contributed by atoms with E-state index in [9.17, 15) is 24.3 Å². The number of hydrogen-bond acceptors (Lipinski definition) is 6. The van der Waals surface area contributed by atoms with Gasteiger partial charge in [-0.05, 0) is 38.5 Å². The first-order valence-corrected chi connectivity index (χ1v) is 10.4. The van der Waals surface area contributed by atoms with E-state index in [0.29, 0.717) is 25.8 Å². The molecule has 12 heteroatoms. The number of nitrogens with two attached hydrogens (primary N) is 3. The molecule has 9 N–H and O–H groups in total. The van der Waals surface area contributed by atoms with Crippen LogP contribution >= 0.6 is 0 Å². The molecule has 1 rings (SSSR count). The molecule has 31 heavy (non-hydrogen) atoms. The highest BCUT2D eigenvalue weighted by molar-refractivity contribution is 5.94. The zero-order chi connectivity index (χ0) is 23.7. The van der Waals surface area contributed by atoms with Crippen molar-refractivity contribution in [3.8, 4) is 0 Å². The first-order chi connectivity index (χ1) is 14.5. The molecule has 0 aromatic rings. The summed E-state index contributed by atoms with van der Waals surface area (Å²) in [5, 5.41) is 14.5. The molecule has 3 amide bonds. The Labute approximate surface area is 182 Å². The fourth-order valence-corrected chi connectivity index (χ4v) is 3.37. The highest BCUT2D eigenvalue weighted by atomic mass is 16.4. The molecule has 1 heterocycles. The van der Waals surface area contributed by atoms with Gasteiger partial charge in [-0.25, -0.2) is 4.79 Å². The number of likely N-dealkylation sites (tertiary alicyclic amines) is 1. The van der Waals surface area contributed by atoms with Crippen molar-refractivity contribution in [1.29, 1.82) is 0 Å². The van der Waals surface area contributed by atoms with Gasteiger partial charge in [-0.3, -0.25) is 19.4 Å². The van der Waals surface area contributed by atoms with Gasteiger partial charge in [-0.1, -0.05) is 13.8 Å². The minimum Gasteiger partial charge on any atom is -0.480 e. The summed E-state index contributed by atoms with van der Waals surface area (Å²) in [6.45, 7) is 5.54. The van der Waals surface area contributed by atoms with E-state index < -0.39 is 42.0 Å². The van der Waals surface area contributed by atoms with Crippen LogP contribution < -0.4 is 27.8 Å². The lowest BCUT2D eigenvalue weighted by Crippen LogP contribution is -2.57. The van der Waals surface area contributed by atoms with Crippen LogP contribution in [0, 0.1) is 5.92 Å². The Morgan fingerprint density at radius 2 is 1.81 bits per heavy atom. The van der Waals surface area contributed by atoms with Gasteiger partial charge in [0.25, 0.3) is 0 Å². The lowest BCUT2D eigenvalue weighted by molar-refractivity contribution is -0.144. The number of nitrogens with one attached hydrogen (secondary N) is 2. The van der Waals surface area contributed by atoms with Crippen LogP contribution in [-0.2, 0) is 19.2 Å². The first kappa shape index (κ1) is 26.1. The van der Waals surface area contributed by atoms with Crippen LogP contribution in [-0.4, -0.2) is 76.9 Å². The summed E-state index contributed by atoms with van der Waals surface area (Å²) in [7, 11) is 0. The summed E-state index contributed by atoms with van der Waals surface area (Å²) in [6.07, 6.45) is 1.66. The fourth-order valence-electron chi connectivity index (χ4n) is 3.37. The van der Waals surface area contributed by atoms with E-state index in [-0.39, 0.29) is 30.8 Å². The van der Waals surface area contributed by atoms with Crippen LogP contribution in [0.4, 0.5) is 0 Å². The molecule has 1 aliphatic heterocycles. The molecule has 0 radical (unpaired) electrons. The zero-order valence-electron chi connectivity index (χ0n) is 18.3. The van der Waals surface area contributed by atoms with Gasteiger partial charge in [0, 0.05) is 13.1 Å². The molecule has 12 nitrogen and oxygen atoms in total. The Kier molecular flexibility index (Phi) is 10.2. The maximum absolute atomic E-state index is 12.9. The predicted octanol–water partition coefficient (Wildman–Crippen LogP) is -1.91. The Morgan fingerprint density at radius 1 is 1.16 bits per heavy atom. The van der Waals surface area contributed by atoms with Crippen LogP contribution in [0.25, 0.3) is 0 Å². The lowest BCUT2D eigenvalue weighted by atomic mass is 10.0. The SMILES string of the molecule is CC(N)C(=O)N1CCCC1C(=O)NC(CCCN=C(N)N)C(=O)NC(C(=O)O)C(C)C. The van der Waals surface area contributed by atoms with Gasteiger partial charge in [0.15, 0.2) is 5.96 Å². The number of hydrogen-bond donors (Lipinski definition) is 6. The highest BCUT2D eigenvalue weighted by Gasteiger charge is 2.37. The number of carbonyl (C=O) groups is 4. The second-order valence-corrected chi connectivity index (χ2v) is 8.06. The van der Waals surface area contributed by atoms with Gasteiger partial charge < -0.3 is 37.8 Å². The second-order valence-electron chi connectivity index (χ2n) is 8.06. The van der Waals surface area contributed by atoms with Crippen LogP contribution in [0.1, 0.15) is 46.5 Å². The van der Waals surface area contributed by atoms with E-state index in [2.05, 4.69) is 15.6 Å². The fraction of sp³-hybridized carbons (Fsp3) is 0.737. The first-order valence-electron chi connectivity index (χ1n) is 10.4. The predicted molar refractivity (Wildman–Crippen MR) is 115 cm³/mol. The number of carbonyl (C=O) groups excluding carboxylic acids is 3. The number of nitrogens with zero attached hydrogens (tertiary/aromatic N) is 2. The van der Waals surface area contributed by atoms with E-state index in [1.54, 1.807) is 20.8 Å². The standard InChI is InChI=1S/C19H35N7O5/c1-10(2)14(18(30)31)25-15(27)12(6-4-8-23-19(21)22)24-16(28)13-7-5-9-26(13)17(29)11(3)20/h10-14H,4-9,20H2,1-3H3,(H,24,28)(H,25,27)(H,30,31)(H4,21,22,23). The number of carboxylic acid groups (broad SMARTS) is 1. The van der Waals surface area contributed by atoms with Gasteiger partial charge >= 0.3 is 5.97 Å². The van der Waals surface area contributed by atoms with E-state index in [0.717, 1.165) is 0 Å². The van der Waals surface area contributed by atoms with Crippen LogP contribution in [0.5, 0.6) is 0 Å². The van der Waals surface area contributed by atoms with Crippen molar-refractivity contribution >= 4 is 29.7 Å². The van der Waals surface area contributed by atoms with Gasteiger partial charge in [-0.2, -0.15) is 0 Å². The molecule has 176 valence electrons. The topological polar surface area (TPSA) is 206 Å². The van der Waals surface area contributed by atoms with Crippen molar-refractivity contribution in [3.63, 3.8) is 0 Å². The monoisotopic (exact) mass is 441 g/mol. The Balaban J connectivity index is 2.93. The third kappa shape index (κ3) is 8.04. The third-order valence-corrected chi connectivity index (χ3v) is 5.04. The number of rotatable bonds is 11. The van der Waals surface area contributed by atoms with Crippen LogP contribution in [0.2, 0.25) is 0 Å². The molecular formula is C19H35N7O5. The molecule has 1 fully saturated rings. The van der Waals surface area contributed by atoms with E-state index in [1.807, 2.05) is 0 Å². The maximum Gasteiger partial charge on any atom is 0.326 e. The van der Waals surface area contributed by atoms with Crippen molar-refractivity contribution in [2.45, 2.75) is 70.6 Å². The van der Waals surface area contributed by atoms with E-state index >= 15 is 0 Å². The Morgan fingerprint density at radius 3 is 2.32 bits per heavy atom. The van der Waals surface area contributed by atoms with Crippen LogP contribution in [0.15, 0.2) is 4.99 Å². The molecule has 0 spiro atoms. The Hall–Kier alpha value is -2.89. The molecule has 0 aliphatic carbocycles. The average molecular weight is 442 g/mol. The van der Waals surface area contributed by atoms with Crippen molar-refractivity contribution in [1.82, 2.24) is 15.5 Å². The molecular weight excluding hydrogens is 406 g/mol. The minimum absolute atomic E-state index is 0.0909. The van der Waals surface area contributed by atoms with Crippen LogP contribution in [0.3, 0.4) is 0 Å².